The molecule has 162 valence electrons. The fraction of sp³-hybridized carbons (Fsp3) is 0.600. The van der Waals surface area contributed by atoms with E-state index in [-0.39, 0.29) is 16.7 Å². The number of thiazole rings is 1. The van der Waals surface area contributed by atoms with E-state index in [4.69, 9.17) is 4.98 Å². The average molecular weight is 450 g/mol. The fourth-order valence-electron chi connectivity index (χ4n) is 4.31. The molecule has 2 aromatic rings. The first-order valence-electron chi connectivity index (χ1n) is 10.3. The van der Waals surface area contributed by atoms with Crippen LogP contribution in [0, 0.1) is 5.92 Å². The van der Waals surface area contributed by atoms with Crippen LogP contribution in [0.15, 0.2) is 22.0 Å². The number of rotatable bonds is 4. The van der Waals surface area contributed by atoms with Crippen LogP contribution >= 0.6 is 11.3 Å². The minimum atomic E-state index is -3.44. The van der Waals surface area contributed by atoms with Crippen LogP contribution in [0.25, 0.3) is 0 Å². The Morgan fingerprint density at radius 3 is 2.57 bits per heavy atom. The zero-order valence-corrected chi connectivity index (χ0v) is 19.0. The highest BCUT2D eigenvalue weighted by Crippen LogP contribution is 2.33. The lowest BCUT2D eigenvalue weighted by Gasteiger charge is -2.33. The molecule has 0 aromatic carbocycles. The number of nitrogens with zero attached hydrogens (tertiary/aromatic N) is 5. The van der Waals surface area contributed by atoms with Crippen LogP contribution in [0.2, 0.25) is 0 Å². The predicted molar refractivity (Wildman–Crippen MR) is 116 cm³/mol. The van der Waals surface area contributed by atoms with Crippen LogP contribution in [0.5, 0.6) is 0 Å². The van der Waals surface area contributed by atoms with Crippen molar-refractivity contribution in [3.63, 3.8) is 0 Å². The molecule has 2 saturated heterocycles. The van der Waals surface area contributed by atoms with E-state index >= 15 is 0 Å². The van der Waals surface area contributed by atoms with E-state index in [0.717, 1.165) is 19.5 Å². The fourth-order valence-corrected chi connectivity index (χ4v) is 5.67. The van der Waals surface area contributed by atoms with Gasteiger partial charge >= 0.3 is 0 Å². The Bertz CT molecular complexity index is 1000. The summed E-state index contributed by atoms with van der Waals surface area (Å²) in [5, 5.41) is 1.76. The molecule has 10 heteroatoms. The molecule has 2 aliphatic heterocycles. The largest absolute Gasteiger partial charge is 0.341 e. The third kappa shape index (κ3) is 4.49. The summed E-state index contributed by atoms with van der Waals surface area (Å²) in [5.74, 6) is 1.10. The van der Waals surface area contributed by atoms with Gasteiger partial charge in [0.1, 0.15) is 10.6 Å². The van der Waals surface area contributed by atoms with Crippen LogP contribution < -0.4 is 4.90 Å². The maximum atomic E-state index is 12.6. The molecule has 2 fully saturated rings. The van der Waals surface area contributed by atoms with Crippen LogP contribution in [0.1, 0.15) is 54.7 Å². The van der Waals surface area contributed by atoms with Gasteiger partial charge in [-0.25, -0.2) is 23.4 Å². The molecule has 0 spiro atoms. The number of hydrogen-bond acceptors (Lipinski definition) is 8. The lowest BCUT2D eigenvalue weighted by atomic mass is 9.93. The van der Waals surface area contributed by atoms with Crippen molar-refractivity contribution in [2.45, 2.75) is 43.4 Å². The number of carbonyl (C=O) groups excluding carboxylic acids is 1. The third-order valence-electron chi connectivity index (χ3n) is 5.93. The van der Waals surface area contributed by atoms with Crippen LogP contribution in [-0.2, 0) is 9.84 Å². The molecular formula is C20H27N5O3S2. The van der Waals surface area contributed by atoms with E-state index in [2.05, 4.69) is 21.8 Å². The summed E-state index contributed by atoms with van der Waals surface area (Å²) in [6, 6.07) is 0. The number of anilines is 1. The molecule has 1 atom stereocenters. The molecule has 0 bridgehead atoms. The Morgan fingerprint density at radius 1 is 1.17 bits per heavy atom. The molecule has 0 N–H and O–H groups in total. The Morgan fingerprint density at radius 2 is 1.93 bits per heavy atom. The van der Waals surface area contributed by atoms with Crippen LogP contribution in [0.3, 0.4) is 0 Å². The molecule has 30 heavy (non-hydrogen) atoms. The van der Waals surface area contributed by atoms with Gasteiger partial charge in [-0.15, -0.1) is 11.3 Å². The topological polar surface area (TPSA) is 96.4 Å². The highest BCUT2D eigenvalue weighted by atomic mass is 32.2. The molecule has 4 heterocycles. The van der Waals surface area contributed by atoms with Gasteiger partial charge in [-0.3, -0.25) is 4.79 Å². The Hall–Kier alpha value is -2.07. The summed E-state index contributed by atoms with van der Waals surface area (Å²) >= 11 is 1.40. The normalized spacial score (nSPS) is 21.1. The minimum absolute atomic E-state index is 0.0156. The smallest absolute Gasteiger partial charge is 0.273 e. The summed E-state index contributed by atoms with van der Waals surface area (Å²) in [4.78, 5) is 30.0. The Balaban J connectivity index is 1.56. The van der Waals surface area contributed by atoms with Crippen molar-refractivity contribution >= 4 is 33.0 Å². The van der Waals surface area contributed by atoms with Gasteiger partial charge in [0.15, 0.2) is 9.84 Å². The van der Waals surface area contributed by atoms with Crippen LogP contribution in [0.4, 0.5) is 5.95 Å². The van der Waals surface area contributed by atoms with Gasteiger partial charge in [-0.2, -0.15) is 0 Å². The quantitative estimate of drug-likeness (QED) is 0.708. The number of piperidine rings is 2. The molecule has 0 unspecified atom stereocenters. The van der Waals surface area contributed by atoms with Gasteiger partial charge in [0.25, 0.3) is 5.91 Å². The first kappa shape index (κ1) is 21.2. The van der Waals surface area contributed by atoms with Crippen molar-refractivity contribution in [3.05, 3.63) is 28.5 Å². The second-order valence-corrected chi connectivity index (χ2v) is 11.0. The second kappa shape index (κ2) is 8.58. The zero-order valence-electron chi connectivity index (χ0n) is 17.3. The van der Waals surface area contributed by atoms with Gasteiger partial charge in [0.05, 0.1) is 17.4 Å². The number of carbonyl (C=O) groups is 1. The van der Waals surface area contributed by atoms with Crippen molar-refractivity contribution < 1.29 is 13.2 Å². The van der Waals surface area contributed by atoms with Crippen LogP contribution in [-0.4, -0.2) is 66.6 Å². The highest BCUT2D eigenvalue weighted by Gasteiger charge is 2.31. The average Bonchev–Trinajstić information content (AvgIpc) is 3.27. The lowest BCUT2D eigenvalue weighted by molar-refractivity contribution is 0.0706. The lowest BCUT2D eigenvalue weighted by Crippen LogP contribution is -2.39. The molecule has 4 rings (SSSR count). The SMILES string of the molecule is C[C@H]1CCCN(c2ncc(S(C)(=O)=O)c(C3CCN(C(=O)c4cscn4)CC3)n2)C1. The van der Waals surface area contributed by atoms with Crippen molar-refractivity contribution in [2.24, 2.45) is 5.92 Å². The van der Waals surface area contributed by atoms with E-state index in [1.165, 1.54) is 30.2 Å². The van der Waals surface area contributed by atoms with Crippen molar-refractivity contribution in [2.75, 3.05) is 37.3 Å². The molecule has 0 radical (unpaired) electrons. The van der Waals surface area contributed by atoms with E-state index in [1.807, 2.05) is 0 Å². The number of aromatic nitrogens is 3. The van der Waals surface area contributed by atoms with E-state index in [0.29, 0.717) is 49.2 Å². The molecule has 2 aliphatic rings. The first-order valence-corrected chi connectivity index (χ1v) is 13.2. The van der Waals surface area contributed by atoms with E-state index in [1.54, 1.807) is 15.8 Å². The minimum Gasteiger partial charge on any atom is -0.341 e. The molecule has 2 aromatic heterocycles. The van der Waals surface area contributed by atoms with Gasteiger partial charge < -0.3 is 9.80 Å². The molecule has 1 amide bonds. The summed E-state index contributed by atoms with van der Waals surface area (Å²) in [6.45, 7) is 5.11. The van der Waals surface area contributed by atoms with Crippen molar-refractivity contribution in [3.8, 4) is 0 Å². The van der Waals surface area contributed by atoms with Gasteiger partial charge in [-0.05, 0) is 31.6 Å². The number of likely N-dealkylation sites (tertiary alicyclic amines) is 1. The summed E-state index contributed by atoms with van der Waals surface area (Å²) in [7, 11) is -3.44. The van der Waals surface area contributed by atoms with Crippen molar-refractivity contribution in [1.29, 1.82) is 0 Å². The maximum Gasteiger partial charge on any atom is 0.273 e. The van der Waals surface area contributed by atoms with E-state index in [9.17, 15) is 13.2 Å². The molecule has 0 saturated carbocycles. The summed E-state index contributed by atoms with van der Waals surface area (Å²) in [6.07, 6.45) is 6.30. The summed E-state index contributed by atoms with van der Waals surface area (Å²) in [5.41, 5.74) is 2.72. The van der Waals surface area contributed by atoms with Gasteiger partial charge in [0.2, 0.25) is 5.95 Å². The second-order valence-electron chi connectivity index (χ2n) is 8.33. The number of hydrogen-bond donors (Lipinski definition) is 0. The number of amides is 1. The maximum absolute atomic E-state index is 12.6. The van der Waals surface area contributed by atoms with Crippen molar-refractivity contribution in [1.82, 2.24) is 19.9 Å². The highest BCUT2D eigenvalue weighted by molar-refractivity contribution is 7.90. The van der Waals surface area contributed by atoms with Gasteiger partial charge in [0, 0.05) is 43.7 Å². The molecule has 8 nitrogen and oxygen atoms in total. The zero-order chi connectivity index (χ0) is 21.3. The predicted octanol–water partition coefficient (Wildman–Crippen LogP) is 2.59. The van der Waals surface area contributed by atoms with Gasteiger partial charge in [-0.1, -0.05) is 6.92 Å². The standard InChI is InChI=1S/C20H27N5O3S2/c1-14-4-3-7-25(11-14)20-21-10-17(30(2,27)28)18(23-20)15-5-8-24(9-6-15)19(26)16-12-29-13-22-16/h10,12-15H,3-9,11H2,1-2H3/t14-/m0/s1. The number of sulfone groups is 1. The van der Waals surface area contributed by atoms with E-state index < -0.39 is 9.84 Å². The Kier molecular flexibility index (Phi) is 6.06. The molecular weight excluding hydrogens is 422 g/mol. The Labute approximate surface area is 181 Å². The first-order chi connectivity index (χ1) is 14.3. The monoisotopic (exact) mass is 449 g/mol. The molecule has 0 aliphatic carbocycles. The summed E-state index contributed by atoms with van der Waals surface area (Å²) < 4.78 is 24.8. The third-order valence-corrected chi connectivity index (χ3v) is 7.63.